The molecule has 0 aromatic carbocycles. The van der Waals surface area contributed by atoms with Gasteiger partial charge < -0.3 is 9.64 Å². The van der Waals surface area contributed by atoms with Crippen molar-refractivity contribution < 1.29 is 4.74 Å². The Labute approximate surface area is 88.6 Å². The molecule has 0 spiro atoms. The molecular weight excluding hydrogens is 196 g/mol. The summed E-state index contributed by atoms with van der Waals surface area (Å²) in [5, 5.41) is 0. The number of hydrogen-bond donors (Lipinski definition) is 2. The molecule has 0 saturated heterocycles. The average molecular weight is 212 g/mol. The zero-order valence-electron chi connectivity index (χ0n) is 9.35. The van der Waals surface area contributed by atoms with Gasteiger partial charge in [0.05, 0.1) is 6.10 Å². The SMILES string of the molecule is CC(C)Oc1nc(NN)nc(N(C)C)n1. The van der Waals surface area contributed by atoms with E-state index in [0.717, 1.165) is 0 Å². The highest BCUT2D eigenvalue weighted by atomic mass is 16.5. The smallest absolute Gasteiger partial charge is 0.323 e. The summed E-state index contributed by atoms with van der Waals surface area (Å²) in [7, 11) is 3.66. The van der Waals surface area contributed by atoms with Crippen LogP contribution in [0.25, 0.3) is 0 Å². The first kappa shape index (κ1) is 11.4. The first-order valence-electron chi connectivity index (χ1n) is 4.59. The molecule has 0 bridgehead atoms. The normalized spacial score (nSPS) is 10.3. The van der Waals surface area contributed by atoms with Crippen LogP contribution in [0.1, 0.15) is 13.8 Å². The van der Waals surface area contributed by atoms with Gasteiger partial charge in [-0.25, -0.2) is 5.84 Å². The number of ether oxygens (including phenoxy) is 1. The van der Waals surface area contributed by atoms with E-state index < -0.39 is 0 Å². The van der Waals surface area contributed by atoms with Crippen molar-refractivity contribution in [2.45, 2.75) is 20.0 Å². The second kappa shape index (κ2) is 4.74. The third-order valence-electron chi connectivity index (χ3n) is 1.47. The summed E-state index contributed by atoms with van der Waals surface area (Å²) in [6, 6.07) is 0.261. The molecule has 0 saturated carbocycles. The number of nitrogens with one attached hydrogen (secondary N) is 1. The van der Waals surface area contributed by atoms with E-state index in [2.05, 4.69) is 20.4 Å². The maximum Gasteiger partial charge on any atom is 0.323 e. The highest BCUT2D eigenvalue weighted by molar-refractivity contribution is 5.36. The van der Waals surface area contributed by atoms with Crippen LogP contribution in [0.3, 0.4) is 0 Å². The lowest BCUT2D eigenvalue weighted by Gasteiger charge is -2.13. The summed E-state index contributed by atoms with van der Waals surface area (Å²) < 4.78 is 5.36. The van der Waals surface area contributed by atoms with Crippen LogP contribution in [0, 0.1) is 0 Å². The van der Waals surface area contributed by atoms with Crippen molar-refractivity contribution in [2.24, 2.45) is 5.84 Å². The fourth-order valence-corrected chi connectivity index (χ4v) is 0.874. The fraction of sp³-hybridized carbons (Fsp3) is 0.625. The second-order valence-corrected chi connectivity index (χ2v) is 3.45. The van der Waals surface area contributed by atoms with Crippen LogP contribution in [0.4, 0.5) is 11.9 Å². The standard InChI is InChI=1S/C8H16N6O/c1-5(2)15-8-11-6(13-9)10-7(12-8)14(3)4/h5H,9H2,1-4H3,(H,10,11,12,13). The van der Waals surface area contributed by atoms with E-state index in [-0.39, 0.29) is 18.1 Å². The lowest BCUT2D eigenvalue weighted by molar-refractivity contribution is 0.222. The Morgan fingerprint density at radius 2 is 1.93 bits per heavy atom. The van der Waals surface area contributed by atoms with Gasteiger partial charge in [-0.15, -0.1) is 0 Å². The minimum absolute atomic E-state index is 0.00744. The lowest BCUT2D eigenvalue weighted by atomic mass is 10.5. The molecule has 84 valence electrons. The van der Waals surface area contributed by atoms with Crippen molar-refractivity contribution >= 4 is 11.9 Å². The van der Waals surface area contributed by atoms with Gasteiger partial charge in [-0.1, -0.05) is 0 Å². The molecule has 0 radical (unpaired) electrons. The van der Waals surface area contributed by atoms with Crippen molar-refractivity contribution in [3.05, 3.63) is 0 Å². The lowest BCUT2D eigenvalue weighted by Crippen LogP contribution is -2.19. The quantitative estimate of drug-likeness (QED) is 0.536. The van der Waals surface area contributed by atoms with Crippen molar-refractivity contribution in [3.63, 3.8) is 0 Å². The molecule has 15 heavy (non-hydrogen) atoms. The minimum Gasteiger partial charge on any atom is -0.461 e. The number of nitrogen functional groups attached to an aromatic ring is 1. The molecule has 0 amide bonds. The van der Waals surface area contributed by atoms with E-state index in [9.17, 15) is 0 Å². The summed E-state index contributed by atoms with van der Waals surface area (Å²) in [5.74, 6) is 6.02. The Morgan fingerprint density at radius 1 is 1.27 bits per heavy atom. The molecule has 0 aliphatic rings. The second-order valence-electron chi connectivity index (χ2n) is 3.45. The summed E-state index contributed by atoms with van der Waals surface area (Å²) in [6.45, 7) is 3.79. The average Bonchev–Trinajstić information content (AvgIpc) is 2.16. The van der Waals surface area contributed by atoms with E-state index in [4.69, 9.17) is 10.6 Å². The molecule has 1 heterocycles. The van der Waals surface area contributed by atoms with Gasteiger partial charge in [0.25, 0.3) is 0 Å². The molecule has 0 atom stereocenters. The van der Waals surface area contributed by atoms with E-state index in [1.807, 2.05) is 27.9 Å². The fourth-order valence-electron chi connectivity index (χ4n) is 0.874. The van der Waals surface area contributed by atoms with E-state index >= 15 is 0 Å². The highest BCUT2D eigenvalue weighted by Crippen LogP contribution is 2.13. The third kappa shape index (κ3) is 3.21. The molecule has 7 nitrogen and oxygen atoms in total. The number of rotatable bonds is 4. The predicted molar refractivity (Wildman–Crippen MR) is 57.7 cm³/mol. The Morgan fingerprint density at radius 3 is 2.40 bits per heavy atom. The van der Waals surface area contributed by atoms with Gasteiger partial charge in [-0.2, -0.15) is 15.0 Å². The molecule has 0 aliphatic heterocycles. The number of nitrogens with zero attached hydrogens (tertiary/aromatic N) is 4. The van der Waals surface area contributed by atoms with Gasteiger partial charge in [0.2, 0.25) is 11.9 Å². The van der Waals surface area contributed by atoms with E-state index in [0.29, 0.717) is 5.95 Å². The van der Waals surface area contributed by atoms with Crippen LogP contribution >= 0.6 is 0 Å². The minimum atomic E-state index is 0.00744. The Bertz CT molecular complexity index is 327. The van der Waals surface area contributed by atoms with Gasteiger partial charge >= 0.3 is 6.01 Å². The Hall–Kier alpha value is -1.63. The monoisotopic (exact) mass is 212 g/mol. The zero-order valence-corrected chi connectivity index (χ0v) is 9.35. The number of nitrogens with two attached hydrogens (primary N) is 1. The molecule has 0 aliphatic carbocycles. The van der Waals surface area contributed by atoms with Crippen molar-refractivity contribution in [3.8, 4) is 6.01 Å². The van der Waals surface area contributed by atoms with Gasteiger partial charge in [0.15, 0.2) is 0 Å². The number of hydrazine groups is 1. The van der Waals surface area contributed by atoms with Crippen LogP contribution < -0.4 is 20.9 Å². The molecule has 1 rings (SSSR count). The van der Waals surface area contributed by atoms with Crippen LogP contribution in [0.15, 0.2) is 0 Å². The summed E-state index contributed by atoms with van der Waals surface area (Å²) >= 11 is 0. The summed E-state index contributed by atoms with van der Waals surface area (Å²) in [5.41, 5.74) is 2.37. The number of hydrogen-bond acceptors (Lipinski definition) is 7. The highest BCUT2D eigenvalue weighted by Gasteiger charge is 2.09. The van der Waals surface area contributed by atoms with E-state index in [1.54, 1.807) is 4.90 Å². The van der Waals surface area contributed by atoms with Crippen molar-refractivity contribution in [2.75, 3.05) is 24.4 Å². The predicted octanol–water partition coefficient (Wildman–Crippen LogP) is 0.0104. The van der Waals surface area contributed by atoms with Crippen LogP contribution in [0.2, 0.25) is 0 Å². The first-order chi connectivity index (χ1) is 7.02. The zero-order chi connectivity index (χ0) is 11.4. The molecule has 3 N–H and O–H groups in total. The first-order valence-corrected chi connectivity index (χ1v) is 4.59. The van der Waals surface area contributed by atoms with Gasteiger partial charge in [-0.3, -0.25) is 5.43 Å². The molecule has 1 aromatic heterocycles. The maximum absolute atomic E-state index is 5.36. The maximum atomic E-state index is 5.36. The molecular formula is C8H16N6O. The molecule has 0 unspecified atom stereocenters. The van der Waals surface area contributed by atoms with Crippen molar-refractivity contribution in [1.29, 1.82) is 0 Å². The van der Waals surface area contributed by atoms with E-state index in [1.165, 1.54) is 0 Å². The number of aromatic nitrogens is 3. The summed E-state index contributed by atoms with van der Waals surface area (Å²) in [4.78, 5) is 13.9. The van der Waals surface area contributed by atoms with Crippen LogP contribution in [-0.4, -0.2) is 35.2 Å². The van der Waals surface area contributed by atoms with Crippen LogP contribution in [-0.2, 0) is 0 Å². The molecule has 7 heteroatoms. The summed E-state index contributed by atoms with van der Waals surface area (Å²) in [6.07, 6.45) is 0.00744. The van der Waals surface area contributed by atoms with Crippen LogP contribution in [0.5, 0.6) is 6.01 Å². The van der Waals surface area contributed by atoms with Gasteiger partial charge in [0, 0.05) is 14.1 Å². The van der Waals surface area contributed by atoms with Gasteiger partial charge in [-0.05, 0) is 13.8 Å². The largest absolute Gasteiger partial charge is 0.461 e. The Kier molecular flexibility index (Phi) is 3.62. The van der Waals surface area contributed by atoms with Gasteiger partial charge in [0.1, 0.15) is 0 Å². The number of anilines is 2. The third-order valence-corrected chi connectivity index (χ3v) is 1.47. The Balaban J connectivity index is 3.00. The molecule has 1 aromatic rings. The van der Waals surface area contributed by atoms with Crippen molar-refractivity contribution in [1.82, 2.24) is 15.0 Å². The topological polar surface area (TPSA) is 89.2 Å². The molecule has 0 fully saturated rings.